The van der Waals surface area contributed by atoms with E-state index in [1.54, 1.807) is 6.33 Å². The van der Waals surface area contributed by atoms with Crippen LogP contribution in [0.3, 0.4) is 0 Å². The van der Waals surface area contributed by atoms with Gasteiger partial charge in [0.25, 0.3) is 5.89 Å². The minimum atomic E-state index is 0.469. The predicted molar refractivity (Wildman–Crippen MR) is 63.1 cm³/mol. The molecule has 92 valence electrons. The van der Waals surface area contributed by atoms with Gasteiger partial charge in [-0.3, -0.25) is 0 Å². The molecule has 0 fully saturated rings. The van der Waals surface area contributed by atoms with Gasteiger partial charge in [-0.25, -0.2) is 4.98 Å². The zero-order valence-electron chi connectivity index (χ0n) is 10.1. The first-order valence-corrected chi connectivity index (χ1v) is 5.74. The zero-order chi connectivity index (χ0) is 12.3. The molecular formula is C11H17N5O. The summed E-state index contributed by atoms with van der Waals surface area (Å²) in [4.78, 5) is 8.52. The second-order valence-electron chi connectivity index (χ2n) is 4.40. The van der Waals surface area contributed by atoms with Crippen LogP contribution in [0.2, 0.25) is 0 Å². The summed E-state index contributed by atoms with van der Waals surface area (Å²) in [5.41, 5.74) is 6.16. The number of imidazole rings is 1. The van der Waals surface area contributed by atoms with Crippen molar-refractivity contribution in [2.24, 2.45) is 11.7 Å². The summed E-state index contributed by atoms with van der Waals surface area (Å²) >= 11 is 0. The van der Waals surface area contributed by atoms with Crippen molar-refractivity contribution in [2.75, 3.05) is 6.54 Å². The smallest absolute Gasteiger partial charge is 0.278 e. The van der Waals surface area contributed by atoms with Gasteiger partial charge in [0.2, 0.25) is 0 Å². The molecular weight excluding hydrogens is 218 g/mol. The SMILES string of the molecule is CC(C)Cc1noc(-c2cn(CCN)cn2)n1. The first kappa shape index (κ1) is 11.8. The van der Waals surface area contributed by atoms with E-state index in [1.165, 1.54) is 0 Å². The molecule has 0 aliphatic rings. The Morgan fingerprint density at radius 1 is 1.47 bits per heavy atom. The normalized spacial score (nSPS) is 11.3. The molecule has 2 heterocycles. The van der Waals surface area contributed by atoms with Crippen molar-refractivity contribution < 1.29 is 4.52 Å². The van der Waals surface area contributed by atoms with Crippen LogP contribution < -0.4 is 5.73 Å². The van der Waals surface area contributed by atoms with Gasteiger partial charge in [-0.2, -0.15) is 4.98 Å². The van der Waals surface area contributed by atoms with Gasteiger partial charge in [0.05, 0.1) is 6.33 Å². The number of hydrogen-bond donors (Lipinski definition) is 1. The molecule has 0 aliphatic carbocycles. The average molecular weight is 235 g/mol. The topological polar surface area (TPSA) is 82.8 Å². The van der Waals surface area contributed by atoms with Crippen molar-refractivity contribution >= 4 is 0 Å². The van der Waals surface area contributed by atoms with E-state index in [1.807, 2.05) is 10.8 Å². The van der Waals surface area contributed by atoms with Gasteiger partial charge in [-0.05, 0) is 5.92 Å². The van der Waals surface area contributed by atoms with E-state index in [9.17, 15) is 0 Å². The Labute approximate surface area is 99.8 Å². The van der Waals surface area contributed by atoms with Crippen molar-refractivity contribution in [2.45, 2.75) is 26.8 Å². The Morgan fingerprint density at radius 2 is 2.29 bits per heavy atom. The molecule has 17 heavy (non-hydrogen) atoms. The Balaban J connectivity index is 2.12. The fourth-order valence-corrected chi connectivity index (χ4v) is 1.55. The van der Waals surface area contributed by atoms with E-state index >= 15 is 0 Å². The van der Waals surface area contributed by atoms with E-state index in [0.29, 0.717) is 24.0 Å². The highest BCUT2D eigenvalue weighted by molar-refractivity contribution is 5.44. The molecule has 2 N–H and O–H groups in total. The van der Waals surface area contributed by atoms with Crippen LogP contribution in [-0.2, 0) is 13.0 Å². The van der Waals surface area contributed by atoms with E-state index in [4.69, 9.17) is 10.3 Å². The van der Waals surface area contributed by atoms with Gasteiger partial charge in [0.1, 0.15) is 5.69 Å². The quantitative estimate of drug-likeness (QED) is 0.838. The molecule has 0 aliphatic heterocycles. The van der Waals surface area contributed by atoms with Gasteiger partial charge in [-0.15, -0.1) is 0 Å². The number of rotatable bonds is 5. The van der Waals surface area contributed by atoms with Crippen LogP contribution in [0.15, 0.2) is 17.0 Å². The van der Waals surface area contributed by atoms with E-state index in [0.717, 1.165) is 18.8 Å². The molecule has 0 unspecified atom stereocenters. The third kappa shape index (κ3) is 2.91. The molecule has 6 heteroatoms. The van der Waals surface area contributed by atoms with Crippen LogP contribution in [0.5, 0.6) is 0 Å². The maximum atomic E-state index is 5.47. The van der Waals surface area contributed by atoms with Gasteiger partial charge < -0.3 is 14.8 Å². The largest absolute Gasteiger partial charge is 0.335 e. The molecule has 2 rings (SSSR count). The molecule has 2 aromatic heterocycles. The molecule has 0 amide bonds. The van der Waals surface area contributed by atoms with Crippen LogP contribution in [-0.4, -0.2) is 26.2 Å². The van der Waals surface area contributed by atoms with Gasteiger partial charge in [-0.1, -0.05) is 19.0 Å². The molecule has 0 bridgehead atoms. The van der Waals surface area contributed by atoms with E-state index < -0.39 is 0 Å². The average Bonchev–Trinajstić information content (AvgIpc) is 2.86. The van der Waals surface area contributed by atoms with Crippen molar-refractivity contribution in [3.05, 3.63) is 18.3 Å². The molecule has 2 aromatic rings. The molecule has 0 spiro atoms. The highest BCUT2D eigenvalue weighted by Gasteiger charge is 2.12. The maximum Gasteiger partial charge on any atom is 0.278 e. The van der Waals surface area contributed by atoms with Crippen LogP contribution >= 0.6 is 0 Å². The summed E-state index contributed by atoms with van der Waals surface area (Å²) in [7, 11) is 0. The maximum absolute atomic E-state index is 5.47. The predicted octanol–water partition coefficient (Wildman–Crippen LogP) is 1.09. The first-order valence-electron chi connectivity index (χ1n) is 5.74. The molecule has 0 radical (unpaired) electrons. The highest BCUT2D eigenvalue weighted by Crippen LogP contribution is 2.15. The van der Waals surface area contributed by atoms with Crippen molar-refractivity contribution in [3.8, 4) is 11.6 Å². The van der Waals surface area contributed by atoms with Crippen molar-refractivity contribution in [1.29, 1.82) is 0 Å². The lowest BCUT2D eigenvalue weighted by Gasteiger charge is -1.95. The van der Waals surface area contributed by atoms with Gasteiger partial charge in [0, 0.05) is 25.7 Å². The zero-order valence-corrected chi connectivity index (χ0v) is 10.1. The summed E-state index contributed by atoms with van der Waals surface area (Å²) in [6.07, 6.45) is 4.39. The first-order chi connectivity index (χ1) is 8.19. The molecule has 0 saturated carbocycles. The standard InChI is InChI=1S/C11H17N5O/c1-8(2)5-10-14-11(17-15-10)9-6-16(4-3-12)7-13-9/h6-8H,3-5,12H2,1-2H3. The lowest BCUT2D eigenvalue weighted by molar-refractivity contribution is 0.417. The minimum Gasteiger partial charge on any atom is -0.335 e. The Morgan fingerprint density at radius 3 is 3.00 bits per heavy atom. The minimum absolute atomic E-state index is 0.469. The van der Waals surface area contributed by atoms with Crippen molar-refractivity contribution in [3.63, 3.8) is 0 Å². The number of nitrogens with zero attached hydrogens (tertiary/aromatic N) is 4. The Hall–Kier alpha value is -1.69. The third-order valence-corrected chi connectivity index (χ3v) is 2.30. The molecule has 0 aromatic carbocycles. The molecule has 0 saturated heterocycles. The lowest BCUT2D eigenvalue weighted by Crippen LogP contribution is -2.07. The lowest BCUT2D eigenvalue weighted by atomic mass is 10.1. The summed E-state index contributed by atoms with van der Waals surface area (Å²) in [6.45, 7) is 5.55. The van der Waals surface area contributed by atoms with Crippen LogP contribution in [0, 0.1) is 5.92 Å². The van der Waals surface area contributed by atoms with E-state index in [-0.39, 0.29) is 0 Å². The van der Waals surface area contributed by atoms with Crippen molar-refractivity contribution in [1.82, 2.24) is 19.7 Å². The number of hydrogen-bond acceptors (Lipinski definition) is 5. The van der Waals surface area contributed by atoms with Crippen LogP contribution in [0.1, 0.15) is 19.7 Å². The van der Waals surface area contributed by atoms with Gasteiger partial charge >= 0.3 is 0 Å². The molecule has 6 nitrogen and oxygen atoms in total. The summed E-state index contributed by atoms with van der Waals surface area (Å²) in [5.74, 6) is 1.70. The second-order valence-corrected chi connectivity index (χ2v) is 4.40. The van der Waals surface area contributed by atoms with Gasteiger partial charge in [0.15, 0.2) is 5.82 Å². The van der Waals surface area contributed by atoms with Crippen LogP contribution in [0.25, 0.3) is 11.6 Å². The monoisotopic (exact) mass is 235 g/mol. The fraction of sp³-hybridized carbons (Fsp3) is 0.545. The highest BCUT2D eigenvalue weighted by atomic mass is 16.5. The summed E-state index contributed by atoms with van der Waals surface area (Å²) < 4.78 is 7.08. The summed E-state index contributed by atoms with van der Waals surface area (Å²) in [5, 5.41) is 3.93. The third-order valence-electron chi connectivity index (χ3n) is 2.30. The number of nitrogens with two attached hydrogens (primary N) is 1. The molecule has 0 atom stereocenters. The fourth-order valence-electron chi connectivity index (χ4n) is 1.55. The second kappa shape index (κ2) is 5.09. The van der Waals surface area contributed by atoms with E-state index in [2.05, 4.69) is 29.0 Å². The Bertz CT molecular complexity index is 474. The number of aromatic nitrogens is 4. The van der Waals surface area contributed by atoms with Crippen LogP contribution in [0.4, 0.5) is 0 Å². The summed E-state index contributed by atoms with van der Waals surface area (Å²) in [6, 6.07) is 0. The Kier molecular flexibility index (Phi) is 3.53.